The van der Waals surface area contributed by atoms with E-state index in [0.717, 1.165) is 17.5 Å². The summed E-state index contributed by atoms with van der Waals surface area (Å²) in [6, 6.07) is 5.51. The van der Waals surface area contributed by atoms with Gasteiger partial charge in [0.1, 0.15) is 5.69 Å². The van der Waals surface area contributed by atoms with Gasteiger partial charge in [-0.1, -0.05) is 23.7 Å². The van der Waals surface area contributed by atoms with E-state index in [9.17, 15) is 9.59 Å². The second-order valence-corrected chi connectivity index (χ2v) is 5.70. The highest BCUT2D eigenvalue weighted by Gasteiger charge is 2.27. The lowest BCUT2D eigenvalue weighted by Crippen LogP contribution is -2.34. The van der Waals surface area contributed by atoms with Crippen LogP contribution in [0.3, 0.4) is 0 Å². The standard InChI is InChI=1S/C15H15ClN4O2/c1-9-2-3-10(6-11(9)16)14-13(15(17)22)12-7-19(8-21)4-5-20(12)18-14/h2-3,6,8H,4-5,7H2,1H3,(H2,17,22). The van der Waals surface area contributed by atoms with Crippen LogP contribution in [0.4, 0.5) is 0 Å². The molecular formula is C15H15ClN4O2. The van der Waals surface area contributed by atoms with E-state index in [0.29, 0.717) is 41.6 Å². The fourth-order valence-electron chi connectivity index (χ4n) is 2.63. The first-order chi connectivity index (χ1) is 10.5. The van der Waals surface area contributed by atoms with Crippen molar-refractivity contribution in [2.24, 2.45) is 5.73 Å². The molecule has 0 aliphatic carbocycles. The minimum absolute atomic E-state index is 0.328. The zero-order valence-electron chi connectivity index (χ0n) is 12.0. The first-order valence-corrected chi connectivity index (χ1v) is 7.24. The lowest BCUT2D eigenvalue weighted by molar-refractivity contribution is -0.119. The smallest absolute Gasteiger partial charge is 0.252 e. The maximum absolute atomic E-state index is 11.9. The molecule has 2 heterocycles. The van der Waals surface area contributed by atoms with Gasteiger partial charge in [-0.3, -0.25) is 14.3 Å². The van der Waals surface area contributed by atoms with Gasteiger partial charge >= 0.3 is 0 Å². The van der Waals surface area contributed by atoms with E-state index in [2.05, 4.69) is 5.10 Å². The first-order valence-electron chi connectivity index (χ1n) is 6.86. The number of aromatic nitrogens is 2. The normalized spacial score (nSPS) is 13.8. The van der Waals surface area contributed by atoms with Gasteiger partial charge in [-0.25, -0.2) is 0 Å². The average molecular weight is 319 g/mol. The summed E-state index contributed by atoms with van der Waals surface area (Å²) in [5.41, 5.74) is 8.76. The second-order valence-electron chi connectivity index (χ2n) is 5.30. The Morgan fingerprint density at radius 1 is 1.41 bits per heavy atom. The fraction of sp³-hybridized carbons (Fsp3) is 0.267. The summed E-state index contributed by atoms with van der Waals surface area (Å²) < 4.78 is 1.74. The summed E-state index contributed by atoms with van der Waals surface area (Å²) >= 11 is 6.16. The van der Waals surface area contributed by atoms with Crippen molar-refractivity contribution in [1.29, 1.82) is 0 Å². The third kappa shape index (κ3) is 2.35. The molecule has 1 aromatic heterocycles. The largest absolute Gasteiger partial charge is 0.365 e. The molecule has 3 rings (SSSR count). The minimum atomic E-state index is -0.555. The highest BCUT2D eigenvalue weighted by molar-refractivity contribution is 6.31. The van der Waals surface area contributed by atoms with Crippen molar-refractivity contribution in [2.75, 3.05) is 6.54 Å². The number of hydrogen-bond donors (Lipinski definition) is 1. The average Bonchev–Trinajstić information content (AvgIpc) is 2.88. The lowest BCUT2D eigenvalue weighted by atomic mass is 10.0. The van der Waals surface area contributed by atoms with Crippen LogP contribution in [-0.4, -0.2) is 33.5 Å². The van der Waals surface area contributed by atoms with E-state index in [1.807, 2.05) is 19.1 Å². The summed E-state index contributed by atoms with van der Waals surface area (Å²) in [4.78, 5) is 24.5. The van der Waals surface area contributed by atoms with Gasteiger partial charge in [0.15, 0.2) is 0 Å². The van der Waals surface area contributed by atoms with Crippen LogP contribution < -0.4 is 5.73 Å². The number of rotatable bonds is 3. The molecule has 0 atom stereocenters. The number of nitrogens with zero attached hydrogens (tertiary/aromatic N) is 3. The monoisotopic (exact) mass is 318 g/mol. The van der Waals surface area contributed by atoms with E-state index >= 15 is 0 Å². The van der Waals surface area contributed by atoms with E-state index < -0.39 is 5.91 Å². The SMILES string of the molecule is Cc1ccc(-c2nn3c(c2C(N)=O)CN(C=O)CC3)cc1Cl. The van der Waals surface area contributed by atoms with Gasteiger partial charge < -0.3 is 10.6 Å². The predicted molar refractivity (Wildman–Crippen MR) is 82.4 cm³/mol. The molecule has 114 valence electrons. The molecule has 22 heavy (non-hydrogen) atoms. The van der Waals surface area contributed by atoms with Gasteiger partial charge in [-0.05, 0) is 18.6 Å². The molecule has 0 saturated heterocycles. The molecule has 0 spiro atoms. The van der Waals surface area contributed by atoms with E-state index in [-0.39, 0.29) is 0 Å². The summed E-state index contributed by atoms with van der Waals surface area (Å²) in [5.74, 6) is -0.555. The van der Waals surface area contributed by atoms with Crippen LogP contribution in [-0.2, 0) is 17.9 Å². The summed E-state index contributed by atoms with van der Waals surface area (Å²) in [6.45, 7) is 3.33. The second kappa shape index (κ2) is 5.46. The third-order valence-corrected chi connectivity index (χ3v) is 4.26. The molecule has 0 radical (unpaired) electrons. The summed E-state index contributed by atoms with van der Waals surface area (Å²) in [7, 11) is 0. The van der Waals surface area contributed by atoms with Crippen LogP contribution in [0.15, 0.2) is 18.2 Å². The van der Waals surface area contributed by atoms with Crippen molar-refractivity contribution in [1.82, 2.24) is 14.7 Å². The van der Waals surface area contributed by atoms with Crippen molar-refractivity contribution in [2.45, 2.75) is 20.0 Å². The van der Waals surface area contributed by atoms with Gasteiger partial charge in [0.25, 0.3) is 5.91 Å². The topological polar surface area (TPSA) is 81.2 Å². The zero-order valence-corrected chi connectivity index (χ0v) is 12.8. The van der Waals surface area contributed by atoms with Crippen LogP contribution in [0.25, 0.3) is 11.3 Å². The van der Waals surface area contributed by atoms with Gasteiger partial charge in [0.2, 0.25) is 6.41 Å². The fourth-order valence-corrected chi connectivity index (χ4v) is 2.81. The molecular weight excluding hydrogens is 304 g/mol. The van der Waals surface area contributed by atoms with Gasteiger partial charge in [0, 0.05) is 17.1 Å². The highest BCUT2D eigenvalue weighted by atomic mass is 35.5. The molecule has 0 fully saturated rings. The number of aryl methyl sites for hydroxylation is 1. The number of fused-ring (bicyclic) bond motifs is 1. The molecule has 2 N–H and O–H groups in total. The zero-order chi connectivity index (χ0) is 15.9. The minimum Gasteiger partial charge on any atom is -0.365 e. The van der Waals surface area contributed by atoms with Crippen molar-refractivity contribution >= 4 is 23.9 Å². The molecule has 2 amide bonds. The number of benzene rings is 1. The Balaban J connectivity index is 2.16. The Bertz CT molecular complexity index is 769. The van der Waals surface area contributed by atoms with Crippen LogP contribution in [0.2, 0.25) is 5.02 Å². The van der Waals surface area contributed by atoms with Crippen molar-refractivity contribution < 1.29 is 9.59 Å². The van der Waals surface area contributed by atoms with Gasteiger partial charge in [-0.15, -0.1) is 0 Å². The molecule has 1 aliphatic rings. The van der Waals surface area contributed by atoms with Gasteiger partial charge in [0.05, 0.1) is 24.3 Å². The predicted octanol–water partition coefficient (Wildman–Crippen LogP) is 1.58. The van der Waals surface area contributed by atoms with Gasteiger partial charge in [-0.2, -0.15) is 5.10 Å². The Morgan fingerprint density at radius 3 is 2.82 bits per heavy atom. The molecule has 1 aliphatic heterocycles. The van der Waals surface area contributed by atoms with Crippen molar-refractivity contribution in [3.8, 4) is 11.3 Å². The van der Waals surface area contributed by atoms with E-state index in [1.54, 1.807) is 15.6 Å². The molecule has 1 aromatic carbocycles. The molecule has 0 unspecified atom stereocenters. The number of primary amides is 1. The van der Waals surface area contributed by atoms with Crippen LogP contribution in [0.1, 0.15) is 21.6 Å². The number of carbonyl (C=O) groups excluding carboxylic acids is 2. The quantitative estimate of drug-likeness (QED) is 0.872. The number of halogens is 1. The maximum Gasteiger partial charge on any atom is 0.252 e. The molecule has 0 saturated carbocycles. The molecule has 6 nitrogen and oxygen atoms in total. The number of hydrogen-bond acceptors (Lipinski definition) is 3. The molecule has 7 heteroatoms. The molecule has 0 bridgehead atoms. The Hall–Kier alpha value is -2.34. The summed E-state index contributed by atoms with van der Waals surface area (Å²) in [6.07, 6.45) is 0.768. The van der Waals surface area contributed by atoms with Crippen LogP contribution in [0.5, 0.6) is 0 Å². The first kappa shape index (κ1) is 14.6. The number of nitrogens with two attached hydrogens (primary N) is 1. The number of carbonyl (C=O) groups is 2. The third-order valence-electron chi connectivity index (χ3n) is 3.85. The lowest BCUT2D eigenvalue weighted by Gasteiger charge is -2.24. The summed E-state index contributed by atoms with van der Waals surface area (Å²) in [5, 5.41) is 5.10. The molecule has 2 aromatic rings. The van der Waals surface area contributed by atoms with E-state index in [4.69, 9.17) is 17.3 Å². The van der Waals surface area contributed by atoms with Crippen molar-refractivity contribution in [3.63, 3.8) is 0 Å². The Kier molecular flexibility index (Phi) is 3.62. The van der Waals surface area contributed by atoms with Crippen LogP contribution in [0, 0.1) is 6.92 Å². The highest BCUT2D eigenvalue weighted by Crippen LogP contribution is 2.30. The Morgan fingerprint density at radius 2 is 2.18 bits per heavy atom. The number of amides is 2. The maximum atomic E-state index is 11.9. The van der Waals surface area contributed by atoms with E-state index in [1.165, 1.54) is 0 Å². The van der Waals surface area contributed by atoms with Crippen molar-refractivity contribution in [3.05, 3.63) is 40.0 Å². The van der Waals surface area contributed by atoms with Crippen LogP contribution >= 0.6 is 11.6 Å². The Labute approximate surface area is 132 Å².